The van der Waals surface area contributed by atoms with E-state index in [1.807, 2.05) is 36.4 Å². The molecule has 0 amide bonds. The molecule has 0 radical (unpaired) electrons. The highest BCUT2D eigenvalue weighted by Crippen LogP contribution is 2.24. The monoisotopic (exact) mass is 312 g/mol. The second-order valence-corrected chi connectivity index (χ2v) is 5.41. The molecular weight excluding hydrogens is 292 g/mol. The van der Waals surface area contributed by atoms with Crippen molar-refractivity contribution >= 4 is 11.9 Å². The number of nitrogens with zero attached hydrogens (tertiary/aromatic N) is 4. The maximum Gasteiger partial charge on any atom is 0.327 e. The smallest absolute Gasteiger partial charge is 0.327 e. The highest BCUT2D eigenvalue weighted by atomic mass is 16.5. The van der Waals surface area contributed by atoms with Gasteiger partial charge in [0, 0.05) is 38.6 Å². The Morgan fingerprint density at radius 2 is 1.70 bits per heavy atom. The van der Waals surface area contributed by atoms with Gasteiger partial charge in [0.1, 0.15) is 6.04 Å². The number of piperazine rings is 1. The van der Waals surface area contributed by atoms with Crippen LogP contribution in [0.2, 0.25) is 0 Å². The van der Waals surface area contributed by atoms with Crippen LogP contribution in [0.25, 0.3) is 0 Å². The minimum Gasteiger partial charge on any atom is -0.468 e. The number of aromatic nitrogens is 2. The molecule has 1 saturated heterocycles. The largest absolute Gasteiger partial charge is 0.468 e. The minimum atomic E-state index is -0.361. The van der Waals surface area contributed by atoms with Gasteiger partial charge in [0.15, 0.2) is 0 Å². The summed E-state index contributed by atoms with van der Waals surface area (Å²) in [7, 11) is 1.44. The van der Waals surface area contributed by atoms with E-state index in [0.29, 0.717) is 0 Å². The van der Waals surface area contributed by atoms with Gasteiger partial charge in [-0.3, -0.25) is 4.90 Å². The van der Waals surface area contributed by atoms with E-state index in [9.17, 15) is 4.79 Å². The molecular formula is C17H20N4O2. The molecule has 0 spiro atoms. The number of anilines is 1. The average molecular weight is 312 g/mol. The molecule has 0 bridgehead atoms. The van der Waals surface area contributed by atoms with Crippen LogP contribution in [0.1, 0.15) is 11.6 Å². The zero-order valence-corrected chi connectivity index (χ0v) is 13.1. The summed E-state index contributed by atoms with van der Waals surface area (Å²) in [5.41, 5.74) is 0.962. The fourth-order valence-electron chi connectivity index (χ4n) is 2.88. The van der Waals surface area contributed by atoms with Crippen molar-refractivity contribution in [2.24, 2.45) is 0 Å². The third kappa shape index (κ3) is 3.48. The van der Waals surface area contributed by atoms with Crippen LogP contribution in [0, 0.1) is 0 Å². The number of hydrogen-bond acceptors (Lipinski definition) is 6. The van der Waals surface area contributed by atoms with Crippen LogP contribution in [0.5, 0.6) is 0 Å². The second-order valence-electron chi connectivity index (χ2n) is 5.41. The summed E-state index contributed by atoms with van der Waals surface area (Å²) >= 11 is 0. The van der Waals surface area contributed by atoms with Crippen molar-refractivity contribution in [2.75, 3.05) is 38.2 Å². The van der Waals surface area contributed by atoms with E-state index >= 15 is 0 Å². The highest BCUT2D eigenvalue weighted by Gasteiger charge is 2.31. The lowest BCUT2D eigenvalue weighted by Crippen LogP contribution is -2.50. The zero-order chi connectivity index (χ0) is 16.1. The fraction of sp³-hybridized carbons (Fsp3) is 0.353. The van der Waals surface area contributed by atoms with E-state index in [2.05, 4.69) is 19.8 Å². The highest BCUT2D eigenvalue weighted by molar-refractivity contribution is 5.77. The lowest BCUT2D eigenvalue weighted by molar-refractivity contribution is -0.147. The van der Waals surface area contributed by atoms with Crippen molar-refractivity contribution in [3.05, 3.63) is 54.4 Å². The molecule has 2 heterocycles. The van der Waals surface area contributed by atoms with Crippen LogP contribution in [0.15, 0.2) is 48.8 Å². The number of rotatable bonds is 4. The molecule has 0 aliphatic carbocycles. The standard InChI is InChI=1S/C17H20N4O2/c1-23-16(22)15(14-6-3-2-4-7-14)20-10-12-21(13-11-20)17-18-8-5-9-19-17/h2-9,15H,10-13H2,1H3/t15-/m1/s1. The van der Waals surface area contributed by atoms with Crippen molar-refractivity contribution in [3.63, 3.8) is 0 Å². The molecule has 1 aliphatic rings. The predicted octanol–water partition coefficient (Wildman–Crippen LogP) is 1.51. The van der Waals surface area contributed by atoms with E-state index < -0.39 is 0 Å². The van der Waals surface area contributed by atoms with Crippen LogP contribution >= 0.6 is 0 Å². The van der Waals surface area contributed by atoms with Crippen LogP contribution in [-0.2, 0) is 9.53 Å². The molecule has 0 saturated carbocycles. The molecule has 1 atom stereocenters. The molecule has 1 aromatic heterocycles. The molecule has 6 heteroatoms. The van der Waals surface area contributed by atoms with E-state index in [4.69, 9.17) is 4.74 Å². The summed E-state index contributed by atoms with van der Waals surface area (Å²) < 4.78 is 5.01. The number of benzene rings is 1. The van der Waals surface area contributed by atoms with Crippen molar-refractivity contribution in [1.29, 1.82) is 0 Å². The number of hydrogen-bond donors (Lipinski definition) is 0. The normalized spacial score (nSPS) is 16.8. The van der Waals surface area contributed by atoms with Crippen LogP contribution in [-0.4, -0.2) is 54.1 Å². The Labute approximate surface area is 135 Å². The molecule has 2 aromatic rings. The van der Waals surface area contributed by atoms with Gasteiger partial charge in [0.25, 0.3) is 0 Å². The first-order valence-corrected chi connectivity index (χ1v) is 7.68. The maximum atomic E-state index is 12.3. The summed E-state index contributed by atoms with van der Waals surface area (Å²) in [5.74, 6) is 0.516. The second kappa shape index (κ2) is 7.19. The van der Waals surface area contributed by atoms with Gasteiger partial charge in [-0.2, -0.15) is 0 Å². The van der Waals surface area contributed by atoms with E-state index in [1.54, 1.807) is 12.4 Å². The lowest BCUT2D eigenvalue weighted by atomic mass is 10.0. The Balaban J connectivity index is 1.72. The molecule has 1 aliphatic heterocycles. The zero-order valence-electron chi connectivity index (χ0n) is 13.1. The molecule has 0 N–H and O–H groups in total. The maximum absolute atomic E-state index is 12.3. The topological polar surface area (TPSA) is 58.6 Å². The van der Waals surface area contributed by atoms with Crippen molar-refractivity contribution in [1.82, 2.24) is 14.9 Å². The minimum absolute atomic E-state index is 0.222. The molecule has 6 nitrogen and oxygen atoms in total. The van der Waals surface area contributed by atoms with E-state index in [-0.39, 0.29) is 12.0 Å². The van der Waals surface area contributed by atoms with Gasteiger partial charge >= 0.3 is 5.97 Å². The molecule has 1 aromatic carbocycles. The summed E-state index contributed by atoms with van der Waals surface area (Å²) in [6.07, 6.45) is 3.49. The van der Waals surface area contributed by atoms with E-state index in [0.717, 1.165) is 37.7 Å². The Kier molecular flexibility index (Phi) is 4.83. The Morgan fingerprint density at radius 3 is 2.30 bits per heavy atom. The van der Waals surface area contributed by atoms with Crippen LogP contribution in [0.4, 0.5) is 5.95 Å². The summed E-state index contributed by atoms with van der Waals surface area (Å²) in [4.78, 5) is 25.1. The first-order valence-electron chi connectivity index (χ1n) is 7.68. The lowest BCUT2D eigenvalue weighted by Gasteiger charge is -2.38. The third-order valence-corrected chi connectivity index (χ3v) is 4.05. The Morgan fingerprint density at radius 1 is 1.04 bits per heavy atom. The number of esters is 1. The van der Waals surface area contributed by atoms with Gasteiger partial charge in [-0.05, 0) is 11.6 Å². The Bertz CT molecular complexity index is 628. The van der Waals surface area contributed by atoms with E-state index in [1.165, 1.54) is 7.11 Å². The van der Waals surface area contributed by atoms with Gasteiger partial charge in [-0.15, -0.1) is 0 Å². The number of methoxy groups -OCH3 is 1. The van der Waals surface area contributed by atoms with Crippen LogP contribution < -0.4 is 4.90 Å². The quantitative estimate of drug-likeness (QED) is 0.798. The molecule has 1 fully saturated rings. The van der Waals surface area contributed by atoms with Crippen molar-refractivity contribution in [2.45, 2.75) is 6.04 Å². The average Bonchev–Trinajstić information content (AvgIpc) is 2.64. The third-order valence-electron chi connectivity index (χ3n) is 4.05. The van der Waals surface area contributed by atoms with Gasteiger partial charge in [0.2, 0.25) is 5.95 Å². The first kappa shape index (κ1) is 15.4. The fourth-order valence-corrected chi connectivity index (χ4v) is 2.88. The van der Waals surface area contributed by atoms with Crippen LogP contribution in [0.3, 0.4) is 0 Å². The van der Waals surface area contributed by atoms with Gasteiger partial charge < -0.3 is 9.64 Å². The van der Waals surface area contributed by atoms with Crippen molar-refractivity contribution in [3.8, 4) is 0 Å². The summed E-state index contributed by atoms with van der Waals surface area (Å²) in [5, 5.41) is 0. The predicted molar refractivity (Wildman–Crippen MR) is 87.0 cm³/mol. The van der Waals surface area contributed by atoms with Gasteiger partial charge in [-0.25, -0.2) is 14.8 Å². The van der Waals surface area contributed by atoms with Crippen molar-refractivity contribution < 1.29 is 9.53 Å². The Hall–Kier alpha value is -2.47. The molecule has 120 valence electrons. The van der Waals surface area contributed by atoms with Gasteiger partial charge in [-0.1, -0.05) is 30.3 Å². The number of ether oxygens (including phenoxy) is 1. The molecule has 0 unspecified atom stereocenters. The SMILES string of the molecule is COC(=O)[C@@H](c1ccccc1)N1CCN(c2ncccn2)CC1. The number of carbonyl (C=O) groups is 1. The molecule has 3 rings (SSSR count). The number of carbonyl (C=O) groups excluding carboxylic acids is 1. The van der Waals surface area contributed by atoms with Gasteiger partial charge in [0.05, 0.1) is 7.11 Å². The summed E-state index contributed by atoms with van der Waals surface area (Å²) in [6, 6.07) is 11.2. The summed E-state index contributed by atoms with van der Waals surface area (Å²) in [6.45, 7) is 3.08. The molecule has 23 heavy (non-hydrogen) atoms. The first-order chi connectivity index (χ1) is 11.3.